The van der Waals surface area contributed by atoms with Crippen LogP contribution in [0, 0.1) is 0 Å². The third-order valence-corrected chi connectivity index (χ3v) is 4.55. The Morgan fingerprint density at radius 3 is 3.08 bits per heavy atom. The van der Waals surface area contributed by atoms with Crippen LogP contribution in [0.3, 0.4) is 0 Å². The molecule has 0 radical (unpaired) electrons. The molecule has 1 saturated heterocycles. The Labute approximate surface area is 85.9 Å². The summed E-state index contributed by atoms with van der Waals surface area (Å²) < 4.78 is 0. The van der Waals surface area contributed by atoms with Gasteiger partial charge in [-0.1, -0.05) is 0 Å². The zero-order chi connectivity index (χ0) is 9.10. The van der Waals surface area contributed by atoms with Crippen molar-refractivity contribution in [3.63, 3.8) is 0 Å². The van der Waals surface area contributed by atoms with Crippen LogP contribution in [0.4, 0.5) is 5.82 Å². The third kappa shape index (κ3) is 2.28. The predicted molar refractivity (Wildman–Crippen MR) is 59.0 cm³/mol. The zero-order valence-corrected chi connectivity index (χ0v) is 8.77. The molecular weight excluding hydrogens is 202 g/mol. The van der Waals surface area contributed by atoms with Gasteiger partial charge in [-0.05, 0) is 6.07 Å². The molecule has 0 aliphatic carbocycles. The lowest BCUT2D eigenvalue weighted by Crippen LogP contribution is -2.10. The van der Waals surface area contributed by atoms with Crippen LogP contribution in [0.25, 0.3) is 0 Å². The van der Waals surface area contributed by atoms with Crippen molar-refractivity contribution in [1.82, 2.24) is 9.97 Å². The predicted octanol–water partition coefficient (Wildman–Crippen LogP) is 1.58. The maximum absolute atomic E-state index is 5.60. The number of nitrogens with zero attached hydrogens (tertiary/aromatic N) is 2. The van der Waals surface area contributed by atoms with Crippen LogP contribution in [-0.2, 0) is 0 Å². The van der Waals surface area contributed by atoms with E-state index in [1.165, 1.54) is 11.5 Å². The summed E-state index contributed by atoms with van der Waals surface area (Å²) in [7, 11) is 0. The van der Waals surface area contributed by atoms with Crippen molar-refractivity contribution < 1.29 is 0 Å². The SMILES string of the molecule is Nc1ccnc(C2CSCCS2)n1. The molecule has 5 heteroatoms. The quantitative estimate of drug-likeness (QED) is 0.767. The van der Waals surface area contributed by atoms with E-state index in [-0.39, 0.29) is 0 Å². The van der Waals surface area contributed by atoms with E-state index in [4.69, 9.17) is 5.73 Å². The Kier molecular flexibility index (Phi) is 2.95. The molecule has 0 amide bonds. The molecule has 1 atom stereocenters. The highest BCUT2D eigenvalue weighted by atomic mass is 32.2. The summed E-state index contributed by atoms with van der Waals surface area (Å²) in [6.07, 6.45) is 1.73. The number of aromatic nitrogens is 2. The van der Waals surface area contributed by atoms with Crippen molar-refractivity contribution in [1.29, 1.82) is 0 Å². The van der Waals surface area contributed by atoms with Crippen molar-refractivity contribution >= 4 is 29.3 Å². The van der Waals surface area contributed by atoms with E-state index in [0.29, 0.717) is 11.1 Å². The van der Waals surface area contributed by atoms with Gasteiger partial charge < -0.3 is 5.73 Å². The molecule has 13 heavy (non-hydrogen) atoms. The third-order valence-electron chi connectivity index (χ3n) is 1.80. The van der Waals surface area contributed by atoms with Crippen LogP contribution >= 0.6 is 23.5 Å². The number of hydrogen-bond donors (Lipinski definition) is 1. The van der Waals surface area contributed by atoms with Gasteiger partial charge >= 0.3 is 0 Å². The molecule has 3 nitrogen and oxygen atoms in total. The minimum absolute atomic E-state index is 0.433. The summed E-state index contributed by atoms with van der Waals surface area (Å²) in [5.74, 6) is 4.99. The van der Waals surface area contributed by atoms with E-state index in [0.717, 1.165) is 11.6 Å². The minimum Gasteiger partial charge on any atom is -0.384 e. The molecule has 1 fully saturated rings. The fraction of sp³-hybridized carbons (Fsp3) is 0.500. The van der Waals surface area contributed by atoms with E-state index < -0.39 is 0 Å². The Balaban J connectivity index is 2.14. The summed E-state index contributed by atoms with van der Waals surface area (Å²) in [6.45, 7) is 0. The topological polar surface area (TPSA) is 51.8 Å². The van der Waals surface area contributed by atoms with Gasteiger partial charge in [-0.25, -0.2) is 9.97 Å². The van der Waals surface area contributed by atoms with Crippen LogP contribution in [0.1, 0.15) is 11.1 Å². The second-order valence-corrected chi connectivity index (χ2v) is 5.23. The number of anilines is 1. The van der Waals surface area contributed by atoms with Crippen LogP contribution in [0.15, 0.2) is 12.3 Å². The number of hydrogen-bond acceptors (Lipinski definition) is 5. The van der Waals surface area contributed by atoms with Crippen LogP contribution in [0.5, 0.6) is 0 Å². The summed E-state index contributed by atoms with van der Waals surface area (Å²) in [6, 6.07) is 1.73. The van der Waals surface area contributed by atoms with Crippen molar-refractivity contribution in [3.8, 4) is 0 Å². The van der Waals surface area contributed by atoms with Gasteiger partial charge in [-0.2, -0.15) is 11.8 Å². The van der Waals surface area contributed by atoms with Gasteiger partial charge in [0.2, 0.25) is 0 Å². The summed E-state index contributed by atoms with van der Waals surface area (Å²) in [5.41, 5.74) is 5.60. The first-order chi connectivity index (χ1) is 6.36. The lowest BCUT2D eigenvalue weighted by Gasteiger charge is -2.19. The van der Waals surface area contributed by atoms with Crippen molar-refractivity contribution in [3.05, 3.63) is 18.1 Å². The Morgan fingerprint density at radius 1 is 1.46 bits per heavy atom. The average molecular weight is 213 g/mol. The van der Waals surface area contributed by atoms with Crippen LogP contribution < -0.4 is 5.73 Å². The Bertz CT molecular complexity index is 286. The Hall–Kier alpha value is -0.420. The standard InChI is InChI=1S/C8H11N3S2/c9-7-1-2-10-8(11-7)6-5-12-3-4-13-6/h1-2,6H,3-5H2,(H2,9,10,11). The molecule has 0 spiro atoms. The lowest BCUT2D eigenvalue weighted by molar-refractivity contribution is 0.928. The Morgan fingerprint density at radius 2 is 2.38 bits per heavy atom. The van der Waals surface area contributed by atoms with Gasteiger partial charge in [-0.3, -0.25) is 0 Å². The van der Waals surface area contributed by atoms with E-state index in [2.05, 4.69) is 9.97 Å². The lowest BCUT2D eigenvalue weighted by atomic mass is 10.4. The summed E-state index contributed by atoms with van der Waals surface area (Å²) >= 11 is 3.89. The molecule has 1 aromatic heterocycles. The van der Waals surface area contributed by atoms with Crippen LogP contribution in [0.2, 0.25) is 0 Å². The number of nitrogens with two attached hydrogens (primary N) is 1. The minimum atomic E-state index is 0.433. The zero-order valence-electron chi connectivity index (χ0n) is 7.14. The summed E-state index contributed by atoms with van der Waals surface area (Å²) in [5, 5.41) is 0.433. The molecule has 1 unspecified atom stereocenters. The highest BCUT2D eigenvalue weighted by molar-refractivity contribution is 8.06. The monoisotopic (exact) mass is 213 g/mol. The van der Waals surface area contributed by atoms with Crippen molar-refractivity contribution in [2.45, 2.75) is 5.25 Å². The smallest absolute Gasteiger partial charge is 0.144 e. The first-order valence-corrected chi connectivity index (χ1v) is 6.34. The molecule has 2 N–H and O–H groups in total. The molecule has 0 saturated carbocycles. The van der Waals surface area contributed by atoms with Gasteiger partial charge in [0.1, 0.15) is 11.6 Å². The molecule has 0 aromatic carbocycles. The van der Waals surface area contributed by atoms with Gasteiger partial charge in [0.15, 0.2) is 0 Å². The highest BCUT2D eigenvalue weighted by Crippen LogP contribution is 2.34. The largest absolute Gasteiger partial charge is 0.384 e. The van der Waals surface area contributed by atoms with Gasteiger partial charge in [-0.15, -0.1) is 11.8 Å². The first kappa shape index (κ1) is 9.15. The second kappa shape index (κ2) is 4.19. The molecule has 2 rings (SSSR count). The van der Waals surface area contributed by atoms with E-state index in [1.54, 1.807) is 12.3 Å². The fourth-order valence-electron chi connectivity index (χ4n) is 1.18. The highest BCUT2D eigenvalue weighted by Gasteiger charge is 2.18. The molecule has 2 heterocycles. The molecular formula is C8H11N3S2. The average Bonchev–Trinajstić information content (AvgIpc) is 2.19. The maximum atomic E-state index is 5.60. The molecule has 0 bridgehead atoms. The first-order valence-electron chi connectivity index (χ1n) is 4.14. The second-order valence-electron chi connectivity index (χ2n) is 2.77. The molecule has 1 aliphatic rings. The molecule has 1 aromatic rings. The molecule has 1 aliphatic heterocycles. The number of rotatable bonds is 1. The van der Waals surface area contributed by atoms with Crippen molar-refractivity contribution in [2.75, 3.05) is 23.0 Å². The van der Waals surface area contributed by atoms with E-state index in [9.17, 15) is 0 Å². The number of nitrogen functional groups attached to an aromatic ring is 1. The van der Waals surface area contributed by atoms with E-state index >= 15 is 0 Å². The van der Waals surface area contributed by atoms with E-state index in [1.807, 2.05) is 23.5 Å². The van der Waals surface area contributed by atoms with Gasteiger partial charge in [0, 0.05) is 23.5 Å². The fourth-order valence-corrected chi connectivity index (χ4v) is 3.79. The maximum Gasteiger partial charge on any atom is 0.144 e. The normalized spacial score (nSPS) is 22.9. The van der Waals surface area contributed by atoms with Gasteiger partial charge in [0.05, 0.1) is 5.25 Å². The van der Waals surface area contributed by atoms with Gasteiger partial charge in [0.25, 0.3) is 0 Å². The summed E-state index contributed by atoms with van der Waals surface area (Å²) in [4.78, 5) is 8.47. The van der Waals surface area contributed by atoms with Crippen molar-refractivity contribution in [2.24, 2.45) is 0 Å². The number of thioether (sulfide) groups is 2. The van der Waals surface area contributed by atoms with Crippen LogP contribution in [-0.4, -0.2) is 27.2 Å². The molecule has 70 valence electrons.